The second-order valence-electron chi connectivity index (χ2n) is 11.4. The number of H-pyrrole nitrogens is 1. The van der Waals surface area contributed by atoms with Gasteiger partial charge in [0, 0.05) is 53.3 Å². The van der Waals surface area contributed by atoms with Gasteiger partial charge in [0.1, 0.15) is 18.1 Å². The summed E-state index contributed by atoms with van der Waals surface area (Å²) in [5.74, 6) is 5.93. The summed E-state index contributed by atoms with van der Waals surface area (Å²) in [5.41, 5.74) is 5.05. The van der Waals surface area contributed by atoms with Gasteiger partial charge in [0.2, 0.25) is 0 Å². The van der Waals surface area contributed by atoms with Crippen LogP contribution in [0.1, 0.15) is 38.4 Å². The third-order valence-electron chi connectivity index (χ3n) is 8.65. The summed E-state index contributed by atoms with van der Waals surface area (Å²) < 4.78 is 16.9. The third kappa shape index (κ3) is 5.36. The van der Waals surface area contributed by atoms with E-state index in [1.165, 1.54) is 0 Å². The fraction of sp³-hybridized carbons (Fsp3) is 0.438. The molecule has 0 bridgehead atoms. The number of nitrogens with one attached hydrogen (secondary N) is 1. The van der Waals surface area contributed by atoms with Gasteiger partial charge in [-0.25, -0.2) is 5.90 Å². The predicted molar refractivity (Wildman–Crippen MR) is 157 cm³/mol. The van der Waals surface area contributed by atoms with Gasteiger partial charge in [-0.05, 0) is 61.7 Å². The maximum atomic E-state index is 13.7. The summed E-state index contributed by atoms with van der Waals surface area (Å²) in [6.45, 7) is 7.22. The standard InChI is InChI=1S/C32H38N4O6/c1-21-4-3-5-25-28(37)18-29-32(30(21)25)19-23(32)20-36(29)31(38)27-17-22-16-24(6-7-26(22)34-27)41-11-9-35(2)8-10-39-12-13-40-14-15-42-33/h3-7,16-18,23,34H,8-15,19-20,33H2,1-2H3/t23-,32?/m1/s1. The Hall–Kier alpha value is -3.54. The number of hydrogen-bond acceptors (Lipinski definition) is 8. The lowest BCUT2D eigenvalue weighted by Gasteiger charge is -2.30. The zero-order valence-corrected chi connectivity index (χ0v) is 24.2. The van der Waals surface area contributed by atoms with Crippen molar-refractivity contribution in [2.24, 2.45) is 11.8 Å². The Morgan fingerprint density at radius 1 is 1.07 bits per heavy atom. The summed E-state index contributed by atoms with van der Waals surface area (Å²) in [6, 6.07) is 13.6. The Labute approximate surface area is 245 Å². The van der Waals surface area contributed by atoms with Gasteiger partial charge in [-0.1, -0.05) is 18.2 Å². The lowest BCUT2D eigenvalue weighted by atomic mass is 9.79. The number of benzene rings is 2. The van der Waals surface area contributed by atoms with Crippen LogP contribution >= 0.6 is 0 Å². The first-order valence-corrected chi connectivity index (χ1v) is 14.5. The van der Waals surface area contributed by atoms with E-state index in [1.807, 2.05) is 48.3 Å². The molecule has 2 atom stereocenters. The first-order valence-electron chi connectivity index (χ1n) is 14.5. The van der Waals surface area contributed by atoms with Crippen molar-refractivity contribution < 1.29 is 28.6 Å². The van der Waals surface area contributed by atoms with Crippen LogP contribution in [-0.2, 0) is 19.7 Å². The van der Waals surface area contributed by atoms with Crippen molar-refractivity contribution in [2.75, 3.05) is 66.3 Å². The molecule has 10 nitrogen and oxygen atoms in total. The van der Waals surface area contributed by atoms with Crippen LogP contribution in [0, 0.1) is 12.8 Å². The molecule has 2 heterocycles. The molecule has 1 spiro atoms. The molecule has 2 aliphatic carbocycles. The number of aryl methyl sites for hydroxylation is 1. The van der Waals surface area contributed by atoms with E-state index in [-0.39, 0.29) is 17.1 Å². The highest BCUT2D eigenvalue weighted by atomic mass is 16.6. The van der Waals surface area contributed by atoms with E-state index in [0.717, 1.165) is 58.6 Å². The van der Waals surface area contributed by atoms with Crippen molar-refractivity contribution >= 4 is 22.6 Å². The minimum Gasteiger partial charge on any atom is -0.492 e. The average molecular weight is 575 g/mol. The highest BCUT2D eigenvalue weighted by Gasteiger charge is 2.67. The van der Waals surface area contributed by atoms with Crippen LogP contribution in [0.4, 0.5) is 0 Å². The van der Waals surface area contributed by atoms with Crippen molar-refractivity contribution in [3.05, 3.63) is 76.6 Å². The molecule has 42 heavy (non-hydrogen) atoms. The van der Waals surface area contributed by atoms with Crippen LogP contribution in [0.15, 0.2) is 54.2 Å². The molecule has 1 saturated carbocycles. The van der Waals surface area contributed by atoms with Gasteiger partial charge in [-0.2, -0.15) is 0 Å². The van der Waals surface area contributed by atoms with Crippen molar-refractivity contribution in [3.63, 3.8) is 0 Å². The zero-order valence-electron chi connectivity index (χ0n) is 24.2. The number of fused-ring (bicyclic) bond motifs is 2. The first kappa shape index (κ1) is 28.6. The normalized spacial score (nSPS) is 20.5. The molecular weight excluding hydrogens is 536 g/mol. The van der Waals surface area contributed by atoms with E-state index in [1.54, 1.807) is 6.08 Å². The van der Waals surface area contributed by atoms with Gasteiger partial charge in [0.05, 0.1) is 33.0 Å². The third-order valence-corrected chi connectivity index (χ3v) is 8.65. The topological polar surface area (TPSA) is 119 Å². The molecule has 222 valence electrons. The molecule has 1 saturated heterocycles. The Morgan fingerprint density at radius 3 is 2.69 bits per heavy atom. The van der Waals surface area contributed by atoms with Gasteiger partial charge >= 0.3 is 0 Å². The van der Waals surface area contributed by atoms with Gasteiger partial charge in [-0.3, -0.25) is 9.59 Å². The number of rotatable bonds is 14. The smallest absolute Gasteiger partial charge is 0.274 e. The summed E-state index contributed by atoms with van der Waals surface area (Å²) in [6.07, 6.45) is 2.68. The fourth-order valence-electron chi connectivity index (χ4n) is 6.47. The number of carbonyl (C=O) groups is 2. The van der Waals surface area contributed by atoms with Gasteiger partial charge in [0.15, 0.2) is 5.78 Å². The monoisotopic (exact) mass is 574 g/mol. The van der Waals surface area contributed by atoms with Crippen LogP contribution < -0.4 is 10.6 Å². The molecular formula is C32H38N4O6. The van der Waals surface area contributed by atoms with Crippen LogP contribution in [0.3, 0.4) is 0 Å². The summed E-state index contributed by atoms with van der Waals surface area (Å²) in [7, 11) is 2.02. The molecule has 3 N–H and O–H groups in total. The summed E-state index contributed by atoms with van der Waals surface area (Å²) >= 11 is 0. The number of ether oxygens (including phenoxy) is 3. The van der Waals surface area contributed by atoms with Crippen LogP contribution in [-0.4, -0.2) is 92.8 Å². The maximum absolute atomic E-state index is 13.7. The van der Waals surface area contributed by atoms with Gasteiger partial charge < -0.3 is 33.8 Å². The summed E-state index contributed by atoms with van der Waals surface area (Å²) in [5, 5.41) is 0.909. The van der Waals surface area contributed by atoms with Crippen LogP contribution in [0.25, 0.3) is 10.9 Å². The second kappa shape index (κ2) is 12.0. The van der Waals surface area contributed by atoms with Crippen LogP contribution in [0.5, 0.6) is 5.75 Å². The van der Waals surface area contributed by atoms with Crippen molar-refractivity contribution in [1.29, 1.82) is 0 Å². The Bertz CT molecular complexity index is 1520. The van der Waals surface area contributed by atoms with Crippen molar-refractivity contribution in [1.82, 2.24) is 14.8 Å². The Kier molecular flexibility index (Phi) is 8.15. The minimum atomic E-state index is -0.203. The first-order chi connectivity index (χ1) is 20.4. The molecule has 1 aliphatic heterocycles. The number of nitrogens with zero attached hydrogens (tertiary/aromatic N) is 2. The molecule has 6 rings (SSSR count). The fourth-order valence-corrected chi connectivity index (χ4v) is 6.47. The molecule has 2 fully saturated rings. The second-order valence-corrected chi connectivity index (χ2v) is 11.4. The number of aromatic amines is 1. The van der Waals surface area contributed by atoms with E-state index in [9.17, 15) is 9.59 Å². The van der Waals surface area contributed by atoms with Gasteiger partial charge in [0.25, 0.3) is 5.91 Å². The lowest BCUT2D eigenvalue weighted by molar-refractivity contribution is 0.0109. The molecule has 10 heteroatoms. The van der Waals surface area contributed by atoms with Crippen LogP contribution in [0.2, 0.25) is 0 Å². The molecule has 1 aromatic heterocycles. The maximum Gasteiger partial charge on any atom is 0.274 e. The number of aromatic nitrogens is 1. The van der Waals surface area contributed by atoms with E-state index < -0.39 is 0 Å². The van der Waals surface area contributed by atoms with Crippen molar-refractivity contribution in [2.45, 2.75) is 18.8 Å². The highest BCUT2D eigenvalue weighted by Crippen LogP contribution is 2.67. The number of piperidine rings is 1. The highest BCUT2D eigenvalue weighted by molar-refractivity contribution is 6.10. The zero-order chi connectivity index (χ0) is 29.3. The van der Waals surface area contributed by atoms with E-state index in [0.29, 0.717) is 57.8 Å². The number of ketones is 1. The molecule has 1 unspecified atom stereocenters. The summed E-state index contributed by atoms with van der Waals surface area (Å²) in [4.78, 5) is 38.4. The minimum absolute atomic E-state index is 0.0177. The van der Waals surface area contributed by atoms with Crippen molar-refractivity contribution in [3.8, 4) is 5.75 Å². The lowest BCUT2D eigenvalue weighted by Crippen LogP contribution is -2.34. The van der Waals surface area contributed by atoms with E-state index >= 15 is 0 Å². The molecule has 0 radical (unpaired) electrons. The molecule has 3 aliphatic rings. The number of hydrogen-bond donors (Lipinski definition) is 2. The Balaban J connectivity index is 1.03. The predicted octanol–water partition coefficient (Wildman–Crippen LogP) is 3.20. The van der Waals surface area contributed by atoms with Gasteiger partial charge in [-0.15, -0.1) is 0 Å². The largest absolute Gasteiger partial charge is 0.492 e. The number of carbonyl (C=O) groups excluding carboxylic acids is 2. The number of amides is 1. The van der Waals surface area contributed by atoms with E-state index in [4.69, 9.17) is 20.1 Å². The number of nitrogens with two attached hydrogens (primary N) is 1. The Morgan fingerprint density at radius 2 is 1.86 bits per heavy atom. The average Bonchev–Trinajstić information content (AvgIpc) is 3.35. The SMILES string of the molecule is Cc1cccc2c1C13C[C@@H]1CN(C(=O)c1cc4cc(OCCN(C)CCOCCOCCON)ccc4[nH]1)C3=CC2=O. The molecule has 3 aromatic rings. The quantitative estimate of drug-likeness (QED) is 0.223. The number of likely N-dealkylation sites (N-methyl/N-ethyl adjacent to an activating group) is 1. The molecule has 2 aromatic carbocycles. The van der Waals surface area contributed by atoms with E-state index in [2.05, 4.69) is 27.7 Å². The number of likely N-dealkylation sites (tertiary alicyclic amines) is 1. The molecule has 1 amide bonds. The number of allylic oxidation sites excluding steroid dienone is 2.